The first-order valence-electron chi connectivity index (χ1n) is 6.66. The molecule has 1 amide bonds. The van der Waals surface area contributed by atoms with Crippen molar-refractivity contribution < 1.29 is 4.79 Å². The van der Waals surface area contributed by atoms with Crippen molar-refractivity contribution in [2.45, 2.75) is 52.6 Å². The zero-order valence-corrected chi connectivity index (χ0v) is 11.7. The second-order valence-corrected chi connectivity index (χ2v) is 5.30. The van der Waals surface area contributed by atoms with Gasteiger partial charge in [0.1, 0.15) is 0 Å². The molecule has 1 fully saturated rings. The van der Waals surface area contributed by atoms with Crippen LogP contribution < -0.4 is 0 Å². The van der Waals surface area contributed by atoms with E-state index in [9.17, 15) is 4.79 Å². The van der Waals surface area contributed by atoms with Crippen LogP contribution in [-0.2, 0) is 4.79 Å². The molecule has 0 aromatic carbocycles. The van der Waals surface area contributed by atoms with Gasteiger partial charge in [0.05, 0.1) is 6.04 Å². The van der Waals surface area contributed by atoms with Gasteiger partial charge in [-0.15, -0.1) is 0 Å². The van der Waals surface area contributed by atoms with Crippen LogP contribution in [-0.4, -0.2) is 47.4 Å². The van der Waals surface area contributed by atoms with Crippen LogP contribution in [0.3, 0.4) is 0 Å². The van der Waals surface area contributed by atoms with Crippen LogP contribution in [0.4, 0.5) is 0 Å². The summed E-state index contributed by atoms with van der Waals surface area (Å²) in [6.07, 6.45) is 2.10. The molecule has 0 aromatic heterocycles. The van der Waals surface area contributed by atoms with Gasteiger partial charge in [0.15, 0.2) is 0 Å². The van der Waals surface area contributed by atoms with Crippen LogP contribution in [0.2, 0.25) is 0 Å². The van der Waals surface area contributed by atoms with Gasteiger partial charge in [-0.1, -0.05) is 19.1 Å². The van der Waals surface area contributed by atoms with E-state index in [1.54, 1.807) is 0 Å². The smallest absolute Gasteiger partial charge is 0.240 e. The molecular formula is C14H26N2O. The van der Waals surface area contributed by atoms with E-state index >= 15 is 0 Å². The van der Waals surface area contributed by atoms with E-state index in [1.165, 1.54) is 0 Å². The van der Waals surface area contributed by atoms with E-state index in [1.807, 2.05) is 11.8 Å². The van der Waals surface area contributed by atoms with Crippen molar-refractivity contribution in [3.05, 3.63) is 12.2 Å². The average Bonchev–Trinajstić information content (AvgIpc) is 2.26. The quantitative estimate of drug-likeness (QED) is 0.686. The molecule has 0 aromatic rings. The molecule has 1 heterocycles. The molecule has 1 aliphatic heterocycles. The first-order valence-corrected chi connectivity index (χ1v) is 6.66. The number of piperidine rings is 1. The lowest BCUT2D eigenvalue weighted by molar-refractivity contribution is -0.141. The number of hydrogen-bond donors (Lipinski definition) is 0. The molecule has 1 aliphatic rings. The molecule has 3 heteroatoms. The molecule has 1 rings (SSSR count). The number of hydrogen-bond acceptors (Lipinski definition) is 2. The van der Waals surface area contributed by atoms with E-state index < -0.39 is 0 Å². The number of amides is 1. The number of likely N-dealkylation sites (tertiary alicyclic amines) is 1. The highest BCUT2D eigenvalue weighted by molar-refractivity contribution is 5.82. The van der Waals surface area contributed by atoms with E-state index in [2.05, 4.69) is 32.3 Å². The summed E-state index contributed by atoms with van der Waals surface area (Å²) in [5.74, 6) is 0.300. The van der Waals surface area contributed by atoms with Crippen molar-refractivity contribution in [1.29, 1.82) is 0 Å². The molecule has 98 valence electrons. The molecule has 0 N–H and O–H groups in total. The molecule has 0 radical (unpaired) electrons. The Kier molecular flexibility index (Phi) is 5.19. The Morgan fingerprint density at radius 3 is 2.71 bits per heavy atom. The zero-order valence-electron chi connectivity index (χ0n) is 11.7. The van der Waals surface area contributed by atoms with Crippen LogP contribution in [0, 0.1) is 0 Å². The largest absolute Gasteiger partial charge is 0.339 e. The minimum absolute atomic E-state index is 0.0628. The monoisotopic (exact) mass is 238 g/mol. The van der Waals surface area contributed by atoms with Crippen LogP contribution >= 0.6 is 0 Å². The van der Waals surface area contributed by atoms with Crippen LogP contribution in [0.1, 0.15) is 40.5 Å². The molecule has 3 nitrogen and oxygen atoms in total. The third kappa shape index (κ3) is 3.56. The van der Waals surface area contributed by atoms with Crippen molar-refractivity contribution in [2.75, 3.05) is 19.6 Å². The summed E-state index contributed by atoms with van der Waals surface area (Å²) >= 11 is 0. The maximum atomic E-state index is 12.4. The predicted octanol–water partition coefficient (Wildman–Crippen LogP) is 2.28. The summed E-state index contributed by atoms with van der Waals surface area (Å²) in [6, 6.07) is 0.377. The molecule has 0 saturated carbocycles. The highest BCUT2D eigenvalue weighted by Gasteiger charge is 2.33. The summed E-state index contributed by atoms with van der Waals surface area (Å²) in [5, 5.41) is 0. The van der Waals surface area contributed by atoms with Gasteiger partial charge in [-0.2, -0.15) is 0 Å². The lowest BCUT2D eigenvalue weighted by Crippen LogP contribution is -2.54. The van der Waals surface area contributed by atoms with Gasteiger partial charge in [-0.3, -0.25) is 9.69 Å². The Hall–Kier alpha value is -0.830. The molecule has 0 bridgehead atoms. The number of rotatable bonds is 5. The van der Waals surface area contributed by atoms with E-state index in [0.717, 1.165) is 38.0 Å². The summed E-state index contributed by atoms with van der Waals surface area (Å²) in [5.41, 5.74) is 1.13. The fourth-order valence-electron chi connectivity index (χ4n) is 2.52. The van der Waals surface area contributed by atoms with Crippen molar-refractivity contribution in [1.82, 2.24) is 9.80 Å². The zero-order chi connectivity index (χ0) is 13.0. The van der Waals surface area contributed by atoms with Crippen LogP contribution in [0.25, 0.3) is 0 Å². The Morgan fingerprint density at radius 2 is 2.24 bits per heavy atom. The first-order chi connectivity index (χ1) is 7.97. The number of carbonyl (C=O) groups is 1. The minimum atomic E-state index is 0.0628. The fourth-order valence-corrected chi connectivity index (χ4v) is 2.52. The van der Waals surface area contributed by atoms with Gasteiger partial charge in [0.2, 0.25) is 5.91 Å². The molecule has 0 aliphatic carbocycles. The van der Waals surface area contributed by atoms with Crippen molar-refractivity contribution in [2.24, 2.45) is 0 Å². The number of nitrogens with zero attached hydrogens (tertiary/aromatic N) is 2. The van der Waals surface area contributed by atoms with Crippen LogP contribution in [0.5, 0.6) is 0 Å². The fraction of sp³-hybridized carbons (Fsp3) is 0.786. The summed E-state index contributed by atoms with van der Waals surface area (Å²) in [6.45, 7) is 14.9. The highest BCUT2D eigenvalue weighted by atomic mass is 16.2. The second-order valence-electron chi connectivity index (χ2n) is 5.30. The van der Waals surface area contributed by atoms with Gasteiger partial charge in [-0.25, -0.2) is 0 Å². The molecule has 0 spiro atoms. The van der Waals surface area contributed by atoms with Crippen molar-refractivity contribution >= 4 is 5.91 Å². The van der Waals surface area contributed by atoms with Crippen molar-refractivity contribution in [3.8, 4) is 0 Å². The topological polar surface area (TPSA) is 23.6 Å². The predicted molar refractivity (Wildman–Crippen MR) is 71.9 cm³/mol. The molecule has 1 saturated heterocycles. The maximum Gasteiger partial charge on any atom is 0.240 e. The molecular weight excluding hydrogens is 212 g/mol. The first kappa shape index (κ1) is 14.2. The van der Waals surface area contributed by atoms with E-state index in [4.69, 9.17) is 0 Å². The summed E-state index contributed by atoms with van der Waals surface area (Å²) in [4.78, 5) is 16.7. The van der Waals surface area contributed by atoms with Crippen LogP contribution in [0.15, 0.2) is 12.2 Å². The lowest BCUT2D eigenvalue weighted by Gasteiger charge is -2.40. The SMILES string of the molecule is C=C(C)CN(CC)[C@H]1CCCN(C(C)C)C1=O. The van der Waals surface area contributed by atoms with Gasteiger partial charge in [0, 0.05) is 19.1 Å². The minimum Gasteiger partial charge on any atom is -0.339 e. The lowest BCUT2D eigenvalue weighted by atomic mass is 10.0. The summed E-state index contributed by atoms with van der Waals surface area (Å²) in [7, 11) is 0. The standard InChI is InChI=1S/C14H26N2O/c1-6-15(10-11(2)3)13-8-7-9-16(12(4)5)14(13)17/h12-13H,2,6-10H2,1,3-5H3/t13-/m0/s1. The molecule has 17 heavy (non-hydrogen) atoms. The highest BCUT2D eigenvalue weighted by Crippen LogP contribution is 2.19. The molecule has 1 atom stereocenters. The number of likely N-dealkylation sites (N-methyl/N-ethyl adjacent to an activating group) is 1. The number of carbonyl (C=O) groups excluding carboxylic acids is 1. The third-order valence-corrected chi connectivity index (χ3v) is 3.39. The van der Waals surface area contributed by atoms with E-state index in [0.29, 0.717) is 11.9 Å². The van der Waals surface area contributed by atoms with Gasteiger partial charge >= 0.3 is 0 Å². The third-order valence-electron chi connectivity index (χ3n) is 3.39. The second kappa shape index (κ2) is 6.20. The van der Waals surface area contributed by atoms with Crippen molar-refractivity contribution in [3.63, 3.8) is 0 Å². The maximum absolute atomic E-state index is 12.4. The normalized spacial score (nSPS) is 21.4. The van der Waals surface area contributed by atoms with Gasteiger partial charge < -0.3 is 4.90 Å². The Bertz CT molecular complexity index is 286. The Balaban J connectivity index is 2.74. The Labute approximate surface area is 105 Å². The average molecular weight is 238 g/mol. The van der Waals surface area contributed by atoms with Gasteiger partial charge in [-0.05, 0) is 40.2 Å². The summed E-state index contributed by atoms with van der Waals surface area (Å²) < 4.78 is 0. The van der Waals surface area contributed by atoms with E-state index in [-0.39, 0.29) is 6.04 Å². The van der Waals surface area contributed by atoms with Gasteiger partial charge in [0.25, 0.3) is 0 Å². The Morgan fingerprint density at radius 1 is 1.59 bits per heavy atom. The molecule has 0 unspecified atom stereocenters.